The quantitative estimate of drug-likeness (QED) is 0.696. The lowest BCUT2D eigenvalue weighted by Crippen LogP contribution is -2.27. The van der Waals surface area contributed by atoms with Gasteiger partial charge in [0.15, 0.2) is 0 Å². The number of nitrogens with two attached hydrogens (primary N) is 1. The van der Waals surface area contributed by atoms with E-state index in [1.54, 1.807) is 0 Å². The summed E-state index contributed by atoms with van der Waals surface area (Å²) in [7, 11) is 0. The maximum absolute atomic E-state index is 12.5. The molecule has 27 heavy (non-hydrogen) atoms. The van der Waals surface area contributed by atoms with E-state index in [2.05, 4.69) is 28.7 Å². The Morgan fingerprint density at radius 2 is 1.93 bits per heavy atom. The number of hydrogen-bond acceptors (Lipinski definition) is 3. The van der Waals surface area contributed by atoms with Crippen molar-refractivity contribution in [1.29, 1.82) is 0 Å². The summed E-state index contributed by atoms with van der Waals surface area (Å²) in [4.78, 5) is 16.9. The van der Waals surface area contributed by atoms with Crippen molar-refractivity contribution in [3.05, 3.63) is 83.4 Å². The van der Waals surface area contributed by atoms with E-state index in [1.807, 2.05) is 67.8 Å². The van der Waals surface area contributed by atoms with E-state index in [9.17, 15) is 4.79 Å². The minimum Gasteiger partial charge on any atom is -0.330 e. The number of carbonyl (C=O) groups is 1. The molecule has 1 aromatic heterocycles. The molecule has 0 radical (unpaired) electrons. The highest BCUT2D eigenvalue weighted by Gasteiger charge is 2.16. The van der Waals surface area contributed by atoms with Crippen molar-refractivity contribution in [2.45, 2.75) is 39.3 Å². The van der Waals surface area contributed by atoms with Crippen molar-refractivity contribution < 1.29 is 4.79 Å². The molecule has 5 heteroatoms. The molecule has 3 aromatic rings. The van der Waals surface area contributed by atoms with Gasteiger partial charge in [-0.1, -0.05) is 55.8 Å². The molecule has 2 aromatic carbocycles. The van der Waals surface area contributed by atoms with Gasteiger partial charge >= 0.3 is 0 Å². The van der Waals surface area contributed by atoms with Gasteiger partial charge in [-0.05, 0) is 30.2 Å². The number of hydrogen-bond donors (Lipinski definition) is 2. The zero-order valence-electron chi connectivity index (χ0n) is 16.0. The number of nitrogens with one attached hydrogen (secondary N) is 1. The SMILES string of the molecule is Cc1ccc(C(N)C(=O)Nc2cccc(Cn3ccnc3C(C)C)c2)cc1. The van der Waals surface area contributed by atoms with Gasteiger partial charge in [-0.25, -0.2) is 4.98 Å². The standard InChI is InChI=1S/C22H26N4O/c1-15(2)21-24-11-12-26(21)14-17-5-4-6-19(13-17)25-22(27)20(23)18-9-7-16(3)8-10-18/h4-13,15,20H,14,23H2,1-3H3,(H,25,27). The van der Waals surface area contributed by atoms with Gasteiger partial charge in [0.2, 0.25) is 5.91 Å². The third-order valence-electron chi connectivity index (χ3n) is 4.53. The molecule has 0 saturated carbocycles. The Bertz CT molecular complexity index is 912. The number of carbonyl (C=O) groups excluding carboxylic acids is 1. The maximum Gasteiger partial charge on any atom is 0.245 e. The van der Waals surface area contributed by atoms with E-state index in [4.69, 9.17) is 5.73 Å². The summed E-state index contributed by atoms with van der Waals surface area (Å²) in [6.07, 6.45) is 3.80. The van der Waals surface area contributed by atoms with Crippen LogP contribution >= 0.6 is 0 Å². The van der Waals surface area contributed by atoms with Crippen LogP contribution < -0.4 is 11.1 Å². The van der Waals surface area contributed by atoms with Crippen LogP contribution in [0.5, 0.6) is 0 Å². The lowest BCUT2D eigenvalue weighted by molar-refractivity contribution is -0.117. The number of nitrogens with zero attached hydrogens (tertiary/aromatic N) is 2. The monoisotopic (exact) mass is 362 g/mol. The second-order valence-electron chi connectivity index (χ2n) is 7.15. The van der Waals surface area contributed by atoms with Crippen molar-refractivity contribution >= 4 is 11.6 Å². The first-order valence-electron chi connectivity index (χ1n) is 9.17. The zero-order valence-corrected chi connectivity index (χ0v) is 16.0. The van der Waals surface area contributed by atoms with E-state index in [-0.39, 0.29) is 5.91 Å². The smallest absolute Gasteiger partial charge is 0.245 e. The maximum atomic E-state index is 12.5. The number of amides is 1. The van der Waals surface area contributed by atoms with Gasteiger partial charge in [-0.15, -0.1) is 0 Å². The van der Waals surface area contributed by atoms with Crippen LogP contribution in [0.2, 0.25) is 0 Å². The third kappa shape index (κ3) is 4.63. The molecular weight excluding hydrogens is 336 g/mol. The molecule has 3 N–H and O–H groups in total. The van der Waals surface area contributed by atoms with Crippen LogP contribution in [0.3, 0.4) is 0 Å². The summed E-state index contributed by atoms with van der Waals surface area (Å²) in [6, 6.07) is 14.8. The highest BCUT2D eigenvalue weighted by Crippen LogP contribution is 2.18. The molecule has 1 amide bonds. The number of anilines is 1. The number of aryl methyl sites for hydroxylation is 1. The van der Waals surface area contributed by atoms with Crippen molar-refractivity contribution in [3.8, 4) is 0 Å². The summed E-state index contributed by atoms with van der Waals surface area (Å²) in [5, 5.41) is 2.92. The largest absolute Gasteiger partial charge is 0.330 e. The summed E-state index contributed by atoms with van der Waals surface area (Å²) in [6.45, 7) is 6.97. The van der Waals surface area contributed by atoms with Crippen molar-refractivity contribution in [2.24, 2.45) is 5.73 Å². The first-order valence-corrected chi connectivity index (χ1v) is 9.17. The Hall–Kier alpha value is -2.92. The lowest BCUT2D eigenvalue weighted by Gasteiger charge is -2.14. The fraction of sp³-hybridized carbons (Fsp3) is 0.273. The normalized spacial score (nSPS) is 12.2. The van der Waals surface area contributed by atoms with E-state index < -0.39 is 6.04 Å². The predicted octanol–water partition coefficient (Wildman–Crippen LogP) is 4.00. The van der Waals surface area contributed by atoms with Gasteiger partial charge in [-0.2, -0.15) is 0 Å². The van der Waals surface area contributed by atoms with Crippen molar-refractivity contribution in [1.82, 2.24) is 9.55 Å². The molecular formula is C22H26N4O. The van der Waals surface area contributed by atoms with E-state index in [0.29, 0.717) is 12.5 Å². The fourth-order valence-corrected chi connectivity index (χ4v) is 3.04. The molecule has 5 nitrogen and oxygen atoms in total. The molecule has 0 aliphatic carbocycles. The zero-order chi connectivity index (χ0) is 19.4. The summed E-state index contributed by atoms with van der Waals surface area (Å²) in [5.74, 6) is 1.18. The Morgan fingerprint density at radius 3 is 2.63 bits per heavy atom. The van der Waals surface area contributed by atoms with Crippen molar-refractivity contribution in [3.63, 3.8) is 0 Å². The minimum absolute atomic E-state index is 0.221. The highest BCUT2D eigenvalue weighted by atomic mass is 16.2. The average Bonchev–Trinajstić information content (AvgIpc) is 3.10. The lowest BCUT2D eigenvalue weighted by atomic mass is 10.1. The first-order chi connectivity index (χ1) is 12.9. The Balaban J connectivity index is 1.70. The number of aromatic nitrogens is 2. The van der Waals surface area contributed by atoms with Crippen LogP contribution in [-0.4, -0.2) is 15.5 Å². The van der Waals surface area contributed by atoms with Gasteiger partial charge in [0.25, 0.3) is 0 Å². The topological polar surface area (TPSA) is 72.9 Å². The Labute approximate surface area is 160 Å². The second kappa shape index (κ2) is 8.18. The number of imidazole rings is 1. The van der Waals surface area contributed by atoms with Crippen LogP contribution in [0.4, 0.5) is 5.69 Å². The highest BCUT2D eigenvalue weighted by molar-refractivity contribution is 5.95. The molecule has 0 aliphatic heterocycles. The summed E-state index contributed by atoms with van der Waals surface area (Å²) >= 11 is 0. The molecule has 0 saturated heterocycles. The molecule has 3 rings (SSSR count). The van der Waals surface area contributed by atoms with Gasteiger partial charge < -0.3 is 15.6 Å². The van der Waals surface area contributed by atoms with Crippen LogP contribution in [0.15, 0.2) is 60.9 Å². The molecule has 0 aliphatic rings. The van der Waals surface area contributed by atoms with Gasteiger partial charge in [-0.3, -0.25) is 4.79 Å². The van der Waals surface area contributed by atoms with Crippen LogP contribution in [0.1, 0.15) is 48.3 Å². The van der Waals surface area contributed by atoms with Gasteiger partial charge in [0, 0.05) is 30.5 Å². The molecule has 1 unspecified atom stereocenters. The van der Waals surface area contributed by atoms with E-state index in [1.165, 1.54) is 0 Å². The Morgan fingerprint density at radius 1 is 1.19 bits per heavy atom. The van der Waals surface area contributed by atoms with Crippen LogP contribution in [0.25, 0.3) is 0 Å². The first kappa shape index (κ1) is 18.9. The van der Waals surface area contributed by atoms with Crippen LogP contribution in [-0.2, 0) is 11.3 Å². The average molecular weight is 362 g/mol. The number of rotatable bonds is 6. The molecule has 1 heterocycles. The summed E-state index contributed by atoms with van der Waals surface area (Å²) in [5.41, 5.74) is 9.89. The summed E-state index contributed by atoms with van der Waals surface area (Å²) < 4.78 is 2.13. The molecule has 140 valence electrons. The van der Waals surface area contributed by atoms with Crippen molar-refractivity contribution in [2.75, 3.05) is 5.32 Å². The number of benzene rings is 2. The molecule has 0 bridgehead atoms. The van der Waals surface area contributed by atoms with E-state index in [0.717, 1.165) is 28.2 Å². The Kier molecular flexibility index (Phi) is 5.72. The molecule has 0 spiro atoms. The predicted molar refractivity (Wildman–Crippen MR) is 109 cm³/mol. The fourth-order valence-electron chi connectivity index (χ4n) is 3.04. The van der Waals surface area contributed by atoms with E-state index >= 15 is 0 Å². The third-order valence-corrected chi connectivity index (χ3v) is 4.53. The molecule has 1 atom stereocenters. The van der Waals surface area contributed by atoms with Crippen LogP contribution in [0, 0.1) is 6.92 Å². The second-order valence-corrected chi connectivity index (χ2v) is 7.15. The minimum atomic E-state index is -0.699. The molecule has 0 fully saturated rings. The van der Waals surface area contributed by atoms with Gasteiger partial charge in [0.1, 0.15) is 11.9 Å². The van der Waals surface area contributed by atoms with Gasteiger partial charge in [0.05, 0.1) is 0 Å².